The maximum atomic E-state index is 13.9. The Morgan fingerprint density at radius 1 is 1.39 bits per heavy atom. The lowest BCUT2D eigenvalue weighted by atomic mass is 10.1. The SMILES string of the molecule is [2H]N1CCN(c2cc(-c3ncco3)ccc2F)CC1. The summed E-state index contributed by atoms with van der Waals surface area (Å²) in [7, 11) is 0. The van der Waals surface area contributed by atoms with Crippen molar-refractivity contribution in [3.63, 3.8) is 0 Å². The average Bonchev–Trinajstić information content (AvgIpc) is 2.94. The first kappa shape index (κ1) is 10.1. The number of nitrogens with one attached hydrogen (secondary N) is 1. The quantitative estimate of drug-likeness (QED) is 0.881. The molecular formula is C13H14FN3O. The van der Waals surface area contributed by atoms with E-state index in [0.29, 0.717) is 37.8 Å². The topological polar surface area (TPSA) is 41.3 Å². The van der Waals surface area contributed by atoms with Gasteiger partial charge in [-0.25, -0.2) is 9.37 Å². The predicted molar refractivity (Wildman–Crippen MR) is 67.0 cm³/mol. The van der Waals surface area contributed by atoms with Crippen molar-refractivity contribution in [3.8, 4) is 11.5 Å². The third-order valence-electron chi connectivity index (χ3n) is 3.02. The molecule has 1 fully saturated rings. The van der Waals surface area contributed by atoms with Gasteiger partial charge in [-0.05, 0) is 18.2 Å². The third-order valence-corrected chi connectivity index (χ3v) is 3.02. The number of nitrogens with zero attached hydrogens (tertiary/aromatic N) is 2. The van der Waals surface area contributed by atoms with Gasteiger partial charge in [0.2, 0.25) is 5.89 Å². The zero-order valence-corrected chi connectivity index (χ0v) is 9.84. The van der Waals surface area contributed by atoms with Crippen LogP contribution in [0.3, 0.4) is 0 Å². The number of rotatable bonds is 2. The molecule has 0 saturated carbocycles. The van der Waals surface area contributed by atoms with Gasteiger partial charge in [0.25, 0.3) is 0 Å². The van der Waals surface area contributed by atoms with Gasteiger partial charge in [0.1, 0.15) is 13.5 Å². The molecule has 0 atom stereocenters. The molecule has 0 unspecified atom stereocenters. The lowest BCUT2D eigenvalue weighted by Crippen LogP contribution is -2.43. The summed E-state index contributed by atoms with van der Waals surface area (Å²) in [6.45, 7) is 2.52. The fourth-order valence-corrected chi connectivity index (χ4v) is 2.10. The molecule has 1 aromatic carbocycles. The highest BCUT2D eigenvalue weighted by Crippen LogP contribution is 2.26. The lowest BCUT2D eigenvalue weighted by molar-refractivity contribution is 0.563. The third kappa shape index (κ3) is 2.09. The van der Waals surface area contributed by atoms with E-state index in [9.17, 15) is 4.39 Å². The van der Waals surface area contributed by atoms with E-state index in [1.54, 1.807) is 18.3 Å². The normalized spacial score (nSPS) is 17.8. The lowest BCUT2D eigenvalue weighted by Gasteiger charge is -2.29. The van der Waals surface area contributed by atoms with E-state index < -0.39 is 0 Å². The Morgan fingerprint density at radius 2 is 2.22 bits per heavy atom. The van der Waals surface area contributed by atoms with Crippen LogP contribution in [0.1, 0.15) is 0 Å². The Hall–Kier alpha value is -1.88. The molecule has 1 aromatic heterocycles. The second-order valence-electron chi connectivity index (χ2n) is 4.16. The zero-order valence-electron chi connectivity index (χ0n) is 10.8. The molecular weight excluding hydrogens is 233 g/mol. The standard InChI is InChI=1S/C13H14FN3O/c14-11-2-1-10(13-16-5-8-18-13)9-12(11)17-6-3-15-4-7-17/h1-2,5,8-9,15H,3-4,6-7H2/i/hD. The minimum Gasteiger partial charge on any atom is -0.445 e. The van der Waals surface area contributed by atoms with Gasteiger partial charge in [-0.3, -0.25) is 0 Å². The van der Waals surface area contributed by atoms with Gasteiger partial charge in [0, 0.05) is 31.7 Å². The van der Waals surface area contributed by atoms with E-state index >= 15 is 0 Å². The number of piperazine rings is 1. The highest BCUT2D eigenvalue weighted by molar-refractivity contribution is 5.63. The van der Waals surface area contributed by atoms with Crippen LogP contribution in [0.25, 0.3) is 11.5 Å². The van der Waals surface area contributed by atoms with Gasteiger partial charge < -0.3 is 14.6 Å². The molecule has 3 rings (SSSR count). The summed E-state index contributed by atoms with van der Waals surface area (Å²) in [6, 6.07) is 4.84. The number of hydrogen-bond acceptors (Lipinski definition) is 4. The second kappa shape index (κ2) is 4.78. The summed E-state index contributed by atoms with van der Waals surface area (Å²) in [5.74, 6) is 0.231. The van der Waals surface area contributed by atoms with Gasteiger partial charge >= 0.3 is 0 Å². The highest BCUT2D eigenvalue weighted by atomic mass is 19.1. The van der Waals surface area contributed by atoms with Crippen molar-refractivity contribution in [1.29, 1.82) is 0 Å². The van der Waals surface area contributed by atoms with Gasteiger partial charge in [-0.2, -0.15) is 0 Å². The summed E-state index contributed by atoms with van der Waals surface area (Å²) in [4.78, 5) is 6.02. The highest BCUT2D eigenvalue weighted by Gasteiger charge is 2.16. The first-order chi connectivity index (χ1) is 9.24. The van der Waals surface area contributed by atoms with Crippen LogP contribution in [0, 0.1) is 5.82 Å². The summed E-state index contributed by atoms with van der Waals surface area (Å²) >= 11 is 0. The van der Waals surface area contributed by atoms with Crippen LogP contribution in [0.15, 0.2) is 35.1 Å². The summed E-state index contributed by atoms with van der Waals surface area (Å²) < 4.78 is 26.7. The Kier molecular flexibility index (Phi) is 2.68. The monoisotopic (exact) mass is 248 g/mol. The van der Waals surface area contributed by atoms with Gasteiger partial charge in [-0.1, -0.05) is 0 Å². The minimum atomic E-state index is -0.256. The molecule has 0 spiro atoms. The Morgan fingerprint density at radius 3 is 2.94 bits per heavy atom. The van der Waals surface area contributed by atoms with Crippen LogP contribution >= 0.6 is 0 Å². The van der Waals surface area contributed by atoms with Gasteiger partial charge in [0.05, 0.1) is 11.9 Å². The van der Waals surface area contributed by atoms with E-state index in [1.165, 1.54) is 17.6 Å². The summed E-state index contributed by atoms with van der Waals surface area (Å²) in [6.07, 6.45) is 3.06. The number of anilines is 1. The number of hydrogen-bond donors (Lipinski definition) is 1. The smallest absolute Gasteiger partial charge is 0.225 e. The minimum absolute atomic E-state index is 0.256. The van der Waals surface area contributed by atoms with Crippen molar-refractivity contribution in [2.45, 2.75) is 0 Å². The summed E-state index contributed by atoms with van der Waals surface area (Å²) in [5.41, 5.74) is 1.30. The zero-order chi connectivity index (χ0) is 13.2. The van der Waals surface area contributed by atoms with E-state index in [0.717, 1.165) is 5.56 Å². The second-order valence-corrected chi connectivity index (χ2v) is 4.16. The van der Waals surface area contributed by atoms with Crippen molar-refractivity contribution >= 4 is 5.69 Å². The van der Waals surface area contributed by atoms with Crippen LogP contribution in [-0.4, -0.2) is 31.2 Å². The van der Waals surface area contributed by atoms with Crippen molar-refractivity contribution in [1.82, 2.24) is 10.3 Å². The van der Waals surface area contributed by atoms with Crippen LogP contribution in [0.2, 0.25) is 1.41 Å². The molecule has 1 N–H and O–H groups in total. The van der Waals surface area contributed by atoms with E-state index in [-0.39, 0.29) is 5.82 Å². The number of oxazole rings is 1. The maximum absolute atomic E-state index is 13.9. The van der Waals surface area contributed by atoms with Crippen LogP contribution in [0.5, 0.6) is 0 Å². The molecule has 1 aliphatic rings. The fourth-order valence-electron chi connectivity index (χ4n) is 2.10. The Labute approximate surface area is 106 Å². The number of aromatic nitrogens is 1. The van der Waals surface area contributed by atoms with Gasteiger partial charge in [0.15, 0.2) is 0 Å². The van der Waals surface area contributed by atoms with Crippen molar-refractivity contribution in [3.05, 3.63) is 36.5 Å². The first-order valence-electron chi connectivity index (χ1n) is 6.37. The molecule has 1 aliphatic heterocycles. The number of benzene rings is 1. The van der Waals surface area contributed by atoms with E-state index in [2.05, 4.69) is 4.98 Å². The van der Waals surface area contributed by atoms with Crippen LogP contribution < -0.4 is 10.2 Å². The Bertz CT molecular complexity index is 553. The molecule has 0 aliphatic carbocycles. The number of halogens is 1. The fraction of sp³-hybridized carbons (Fsp3) is 0.308. The predicted octanol–water partition coefficient (Wildman–Crippen LogP) is 1.89. The first-order valence-corrected chi connectivity index (χ1v) is 5.92. The molecule has 2 heterocycles. The molecule has 5 heteroatoms. The molecule has 2 aromatic rings. The molecule has 4 nitrogen and oxygen atoms in total. The average molecular weight is 248 g/mol. The van der Waals surface area contributed by atoms with Gasteiger partial charge in [-0.15, -0.1) is 0 Å². The maximum Gasteiger partial charge on any atom is 0.225 e. The van der Waals surface area contributed by atoms with E-state index in [4.69, 9.17) is 5.83 Å². The molecule has 0 radical (unpaired) electrons. The largest absolute Gasteiger partial charge is 0.445 e. The molecule has 0 bridgehead atoms. The van der Waals surface area contributed by atoms with Crippen LogP contribution in [0.4, 0.5) is 10.1 Å². The van der Waals surface area contributed by atoms with E-state index in [1.807, 2.05) is 4.90 Å². The van der Waals surface area contributed by atoms with Crippen molar-refractivity contribution in [2.24, 2.45) is 0 Å². The van der Waals surface area contributed by atoms with Crippen molar-refractivity contribution < 1.29 is 10.2 Å². The van der Waals surface area contributed by atoms with Crippen molar-refractivity contribution in [2.75, 3.05) is 31.1 Å². The molecule has 18 heavy (non-hydrogen) atoms. The molecule has 0 amide bonds. The molecule has 1 saturated heterocycles. The summed E-state index contributed by atoms with van der Waals surface area (Å²) in [5, 5.41) is 1.49. The Balaban J connectivity index is 1.90. The van der Waals surface area contributed by atoms with Crippen LogP contribution in [-0.2, 0) is 0 Å². The molecule has 94 valence electrons.